The maximum absolute atomic E-state index is 12.9. The van der Waals surface area contributed by atoms with Crippen LogP contribution in [0.25, 0.3) is 0 Å². The molecule has 0 saturated carbocycles. The van der Waals surface area contributed by atoms with Gasteiger partial charge < -0.3 is 4.74 Å². The first-order valence-corrected chi connectivity index (χ1v) is 6.16. The van der Waals surface area contributed by atoms with Gasteiger partial charge in [-0.2, -0.15) is 13.2 Å². The first-order valence-electron chi connectivity index (χ1n) is 5.37. The molecule has 0 aromatic carbocycles. The van der Waals surface area contributed by atoms with Crippen LogP contribution in [0.4, 0.5) is 22.0 Å². The van der Waals surface area contributed by atoms with Crippen molar-refractivity contribution in [3.8, 4) is 0 Å². The third kappa shape index (κ3) is 4.12. The molecule has 1 rings (SSSR count). The quantitative estimate of drug-likeness (QED) is 0.463. The molecule has 1 aromatic rings. The summed E-state index contributed by atoms with van der Waals surface area (Å²) in [6, 6.07) is 0.455. The first kappa shape index (κ1) is 16.8. The summed E-state index contributed by atoms with van der Waals surface area (Å²) in [4.78, 5) is 14.8. The molecule has 0 bridgehead atoms. The Bertz CT molecular complexity index is 504. The number of hydrogen-bond acceptors (Lipinski definition) is 3. The van der Waals surface area contributed by atoms with Crippen LogP contribution in [0.3, 0.4) is 0 Å². The van der Waals surface area contributed by atoms with Crippen LogP contribution < -0.4 is 0 Å². The molecular weight excluding hydrogens is 353 g/mol. The summed E-state index contributed by atoms with van der Waals surface area (Å²) in [5.74, 6) is -0.923. The fourth-order valence-electron chi connectivity index (χ4n) is 1.54. The predicted octanol–water partition coefficient (Wildman–Crippen LogP) is 3.91. The Kier molecular flexibility index (Phi) is 5.43. The first-order chi connectivity index (χ1) is 9.16. The van der Waals surface area contributed by atoms with Crippen LogP contribution in [0, 0.1) is 0 Å². The molecule has 20 heavy (non-hydrogen) atoms. The van der Waals surface area contributed by atoms with E-state index in [1.54, 1.807) is 0 Å². The lowest BCUT2D eigenvalue weighted by atomic mass is 10.0. The summed E-state index contributed by atoms with van der Waals surface area (Å²) in [6.07, 6.45) is -9.13. The van der Waals surface area contributed by atoms with Crippen molar-refractivity contribution in [2.45, 2.75) is 25.9 Å². The molecule has 1 aromatic heterocycles. The fourth-order valence-corrected chi connectivity index (χ4v) is 1.98. The Labute approximate surface area is 119 Å². The second kappa shape index (κ2) is 6.47. The highest BCUT2D eigenvalue weighted by molar-refractivity contribution is 9.10. The molecule has 1 heterocycles. The van der Waals surface area contributed by atoms with Crippen LogP contribution in [0.2, 0.25) is 0 Å². The van der Waals surface area contributed by atoms with E-state index < -0.39 is 41.8 Å². The van der Waals surface area contributed by atoms with Gasteiger partial charge in [-0.3, -0.25) is 4.79 Å². The number of carbonyl (C=O) groups excluding carboxylic acids is 1. The number of aromatic nitrogens is 1. The van der Waals surface area contributed by atoms with Crippen molar-refractivity contribution in [1.29, 1.82) is 0 Å². The number of hydrogen-bond donors (Lipinski definition) is 0. The van der Waals surface area contributed by atoms with Gasteiger partial charge in [0.1, 0.15) is 4.60 Å². The van der Waals surface area contributed by atoms with Crippen molar-refractivity contribution in [3.63, 3.8) is 0 Å². The molecule has 0 fully saturated rings. The number of ether oxygens (including phenoxy) is 1. The lowest BCUT2D eigenvalue weighted by Crippen LogP contribution is -2.17. The van der Waals surface area contributed by atoms with E-state index in [9.17, 15) is 26.7 Å². The highest BCUT2D eigenvalue weighted by Gasteiger charge is 2.38. The van der Waals surface area contributed by atoms with Gasteiger partial charge in [-0.1, -0.05) is 0 Å². The lowest BCUT2D eigenvalue weighted by molar-refractivity contribution is -0.143. The summed E-state index contributed by atoms with van der Waals surface area (Å²) >= 11 is 2.71. The summed E-state index contributed by atoms with van der Waals surface area (Å²) in [5, 5.41) is 0. The summed E-state index contributed by atoms with van der Waals surface area (Å²) in [6.45, 7) is 1.48. The van der Waals surface area contributed by atoms with Crippen molar-refractivity contribution in [2.75, 3.05) is 6.61 Å². The number of esters is 1. The van der Waals surface area contributed by atoms with Crippen LogP contribution in [0.5, 0.6) is 0 Å². The van der Waals surface area contributed by atoms with E-state index in [2.05, 4.69) is 25.7 Å². The summed E-state index contributed by atoms with van der Waals surface area (Å²) < 4.78 is 68.3. The average Bonchev–Trinajstić information content (AvgIpc) is 2.26. The molecule has 0 unspecified atom stereocenters. The topological polar surface area (TPSA) is 39.2 Å². The molecule has 3 nitrogen and oxygen atoms in total. The molecule has 0 aliphatic rings. The van der Waals surface area contributed by atoms with Crippen molar-refractivity contribution in [3.05, 3.63) is 27.5 Å². The minimum atomic E-state index is -4.97. The van der Waals surface area contributed by atoms with Crippen molar-refractivity contribution < 1.29 is 31.5 Å². The smallest absolute Gasteiger partial charge is 0.417 e. The van der Waals surface area contributed by atoms with Gasteiger partial charge in [-0.15, -0.1) is 0 Å². The number of carbonyl (C=O) groups is 1. The van der Waals surface area contributed by atoms with Crippen LogP contribution in [0.1, 0.15) is 30.2 Å². The van der Waals surface area contributed by atoms with Gasteiger partial charge in [0, 0.05) is 0 Å². The predicted molar refractivity (Wildman–Crippen MR) is 62.2 cm³/mol. The van der Waals surface area contributed by atoms with Crippen molar-refractivity contribution in [2.24, 2.45) is 0 Å². The summed E-state index contributed by atoms with van der Waals surface area (Å²) in [7, 11) is 0. The molecule has 0 radical (unpaired) electrons. The summed E-state index contributed by atoms with van der Waals surface area (Å²) in [5.41, 5.74) is -3.47. The van der Waals surface area contributed by atoms with Gasteiger partial charge >= 0.3 is 12.1 Å². The van der Waals surface area contributed by atoms with E-state index >= 15 is 0 Å². The normalized spacial score (nSPS) is 11.8. The van der Waals surface area contributed by atoms with Gasteiger partial charge in [0.2, 0.25) is 0 Å². The molecule has 0 saturated heterocycles. The molecule has 0 atom stereocenters. The zero-order valence-electron chi connectivity index (χ0n) is 10.1. The van der Waals surface area contributed by atoms with Gasteiger partial charge in [0.25, 0.3) is 6.43 Å². The Hall–Kier alpha value is -1.25. The minimum Gasteiger partial charge on any atom is -0.466 e. The van der Waals surface area contributed by atoms with E-state index in [-0.39, 0.29) is 11.2 Å². The fraction of sp³-hybridized carbons (Fsp3) is 0.455. The van der Waals surface area contributed by atoms with E-state index in [1.807, 2.05) is 0 Å². The Morgan fingerprint density at radius 1 is 1.45 bits per heavy atom. The molecule has 0 N–H and O–H groups in total. The second-order valence-corrected chi connectivity index (χ2v) is 4.45. The van der Waals surface area contributed by atoms with Gasteiger partial charge in [0.15, 0.2) is 0 Å². The van der Waals surface area contributed by atoms with Gasteiger partial charge in [-0.25, -0.2) is 13.8 Å². The standard InChI is InChI=1S/C11H9BrF5NO2/c1-2-20-8(19)4-6-9(10(13)14)5(11(15,16)17)3-7(12)18-6/h3,10H,2,4H2,1H3. The number of nitrogens with zero attached hydrogens (tertiary/aromatic N) is 1. The molecule has 0 aliphatic carbocycles. The number of pyridine rings is 1. The number of rotatable bonds is 4. The lowest BCUT2D eigenvalue weighted by Gasteiger charge is -2.16. The monoisotopic (exact) mass is 361 g/mol. The maximum atomic E-state index is 12.9. The van der Waals surface area contributed by atoms with E-state index in [1.165, 1.54) is 6.92 Å². The van der Waals surface area contributed by atoms with Gasteiger partial charge in [-0.05, 0) is 28.9 Å². The van der Waals surface area contributed by atoms with E-state index in [0.29, 0.717) is 6.07 Å². The van der Waals surface area contributed by atoms with Crippen LogP contribution >= 0.6 is 15.9 Å². The average molecular weight is 362 g/mol. The van der Waals surface area contributed by atoms with Crippen LogP contribution in [0.15, 0.2) is 10.7 Å². The van der Waals surface area contributed by atoms with E-state index in [0.717, 1.165) is 0 Å². The maximum Gasteiger partial charge on any atom is 0.417 e. The van der Waals surface area contributed by atoms with Crippen molar-refractivity contribution in [1.82, 2.24) is 4.98 Å². The van der Waals surface area contributed by atoms with Crippen LogP contribution in [-0.4, -0.2) is 17.6 Å². The highest BCUT2D eigenvalue weighted by atomic mass is 79.9. The third-order valence-electron chi connectivity index (χ3n) is 2.25. The Balaban J connectivity index is 3.35. The largest absolute Gasteiger partial charge is 0.466 e. The molecular formula is C11H9BrF5NO2. The Morgan fingerprint density at radius 2 is 2.05 bits per heavy atom. The molecule has 0 aliphatic heterocycles. The van der Waals surface area contributed by atoms with Gasteiger partial charge in [0.05, 0.1) is 29.8 Å². The number of halogens is 6. The minimum absolute atomic E-state index is 0.0109. The third-order valence-corrected chi connectivity index (χ3v) is 2.65. The highest BCUT2D eigenvalue weighted by Crippen LogP contribution is 2.39. The number of alkyl halides is 5. The second-order valence-electron chi connectivity index (χ2n) is 3.63. The zero-order chi connectivity index (χ0) is 15.5. The molecule has 112 valence electrons. The molecule has 0 spiro atoms. The zero-order valence-corrected chi connectivity index (χ0v) is 11.7. The van der Waals surface area contributed by atoms with Crippen LogP contribution in [-0.2, 0) is 22.1 Å². The Morgan fingerprint density at radius 3 is 2.50 bits per heavy atom. The van der Waals surface area contributed by atoms with Crippen molar-refractivity contribution >= 4 is 21.9 Å². The SMILES string of the molecule is CCOC(=O)Cc1nc(Br)cc(C(F)(F)F)c1C(F)F. The molecule has 9 heteroatoms. The van der Waals surface area contributed by atoms with E-state index in [4.69, 9.17) is 0 Å². The molecule has 0 amide bonds.